The van der Waals surface area contributed by atoms with Gasteiger partial charge in [-0.05, 0) is 41.8 Å². The number of ether oxygens (including phenoxy) is 1. The quantitative estimate of drug-likeness (QED) is 0.455. The number of rotatable bonds is 4. The van der Waals surface area contributed by atoms with Crippen LogP contribution < -0.4 is 0 Å². The standard InChI is InChI=1S/C17H15BrClFN4O2/c1-2-26-17(25)16(15-12-4-3-5-23(12)8-21-15)24-7-9-11(19)6-10(18)13(20)14(9)22-24/h6-8,16H,2-5H2,1H3. The summed E-state index contributed by atoms with van der Waals surface area (Å²) >= 11 is 9.36. The summed E-state index contributed by atoms with van der Waals surface area (Å²) in [5.74, 6) is -1.01. The number of carbonyl (C=O) groups excluding carboxylic acids is 1. The van der Waals surface area contributed by atoms with Crippen LogP contribution in [-0.4, -0.2) is 31.9 Å². The molecule has 9 heteroatoms. The SMILES string of the molecule is CCOC(=O)C(c1ncn2c1CCC2)n1cc2c(Cl)cc(Br)c(F)c2n1. The van der Waals surface area contributed by atoms with Crippen LogP contribution in [0, 0.1) is 5.82 Å². The predicted molar refractivity (Wildman–Crippen MR) is 97.7 cm³/mol. The van der Waals surface area contributed by atoms with Gasteiger partial charge in [-0.1, -0.05) is 11.6 Å². The molecule has 1 aliphatic heterocycles. The molecule has 0 saturated heterocycles. The Bertz CT molecular complexity index is 1020. The van der Waals surface area contributed by atoms with E-state index >= 15 is 0 Å². The molecule has 4 rings (SSSR count). The van der Waals surface area contributed by atoms with Gasteiger partial charge in [-0.15, -0.1) is 0 Å². The monoisotopic (exact) mass is 440 g/mol. The Morgan fingerprint density at radius 1 is 1.54 bits per heavy atom. The number of aryl methyl sites for hydroxylation is 1. The average Bonchev–Trinajstić information content (AvgIpc) is 3.30. The van der Waals surface area contributed by atoms with Crippen molar-refractivity contribution < 1.29 is 13.9 Å². The largest absolute Gasteiger partial charge is 0.464 e. The van der Waals surface area contributed by atoms with Gasteiger partial charge in [0.05, 0.1) is 28.1 Å². The zero-order valence-electron chi connectivity index (χ0n) is 13.9. The smallest absolute Gasteiger partial charge is 0.337 e. The Hall–Kier alpha value is -1.93. The van der Waals surface area contributed by atoms with Gasteiger partial charge < -0.3 is 9.30 Å². The van der Waals surface area contributed by atoms with Gasteiger partial charge in [-0.25, -0.2) is 14.2 Å². The summed E-state index contributed by atoms with van der Waals surface area (Å²) in [6.45, 7) is 2.83. The van der Waals surface area contributed by atoms with E-state index in [1.54, 1.807) is 19.4 Å². The van der Waals surface area contributed by atoms with E-state index < -0.39 is 17.8 Å². The van der Waals surface area contributed by atoms with Crippen molar-refractivity contribution >= 4 is 44.4 Å². The molecule has 3 heterocycles. The molecule has 6 nitrogen and oxygen atoms in total. The van der Waals surface area contributed by atoms with Gasteiger partial charge in [0, 0.05) is 23.8 Å². The van der Waals surface area contributed by atoms with E-state index in [-0.39, 0.29) is 16.6 Å². The number of imidazole rings is 1. The highest BCUT2D eigenvalue weighted by atomic mass is 79.9. The van der Waals surface area contributed by atoms with Crippen LogP contribution in [0.2, 0.25) is 5.02 Å². The number of fused-ring (bicyclic) bond motifs is 2. The Labute approximate surface area is 162 Å². The summed E-state index contributed by atoms with van der Waals surface area (Å²) in [6.07, 6.45) is 5.11. The van der Waals surface area contributed by atoms with Crippen LogP contribution in [0.3, 0.4) is 0 Å². The van der Waals surface area contributed by atoms with Crippen molar-refractivity contribution in [3.63, 3.8) is 0 Å². The number of nitrogens with zero attached hydrogens (tertiary/aromatic N) is 4. The van der Waals surface area contributed by atoms with Crippen molar-refractivity contribution in [3.05, 3.63) is 45.3 Å². The molecule has 136 valence electrons. The second-order valence-electron chi connectivity index (χ2n) is 6.05. The molecule has 0 fully saturated rings. The number of esters is 1. The molecule has 2 aromatic heterocycles. The first-order chi connectivity index (χ1) is 12.5. The molecule has 3 aromatic rings. The molecule has 1 unspecified atom stereocenters. The van der Waals surface area contributed by atoms with E-state index in [9.17, 15) is 9.18 Å². The van der Waals surface area contributed by atoms with Crippen LogP contribution >= 0.6 is 27.5 Å². The fraction of sp³-hybridized carbons (Fsp3) is 0.353. The number of halogens is 3. The third kappa shape index (κ3) is 2.72. The number of hydrogen-bond acceptors (Lipinski definition) is 4. The van der Waals surface area contributed by atoms with Crippen LogP contribution in [0.4, 0.5) is 4.39 Å². The second kappa shape index (κ2) is 6.66. The van der Waals surface area contributed by atoms with E-state index in [1.807, 2.05) is 4.57 Å². The molecule has 26 heavy (non-hydrogen) atoms. The van der Waals surface area contributed by atoms with Crippen LogP contribution in [-0.2, 0) is 22.5 Å². The Kier molecular flexibility index (Phi) is 4.48. The summed E-state index contributed by atoms with van der Waals surface area (Å²) < 4.78 is 23.3. The predicted octanol–water partition coefficient (Wildman–Crippen LogP) is 3.89. The Morgan fingerprint density at radius 2 is 2.35 bits per heavy atom. The Morgan fingerprint density at radius 3 is 3.12 bits per heavy atom. The molecular formula is C17H15BrClFN4O2. The first-order valence-electron chi connectivity index (χ1n) is 8.24. The highest BCUT2D eigenvalue weighted by Gasteiger charge is 2.32. The highest BCUT2D eigenvalue weighted by molar-refractivity contribution is 9.10. The zero-order chi connectivity index (χ0) is 18.4. The number of benzene rings is 1. The topological polar surface area (TPSA) is 61.9 Å². The van der Waals surface area contributed by atoms with Crippen LogP contribution in [0.15, 0.2) is 23.1 Å². The first kappa shape index (κ1) is 17.5. The molecule has 0 saturated carbocycles. The molecule has 0 spiro atoms. The molecular weight excluding hydrogens is 427 g/mol. The van der Waals surface area contributed by atoms with Crippen molar-refractivity contribution in [1.82, 2.24) is 19.3 Å². The van der Waals surface area contributed by atoms with E-state index in [1.165, 1.54) is 10.7 Å². The lowest BCUT2D eigenvalue weighted by molar-refractivity contribution is -0.146. The lowest BCUT2D eigenvalue weighted by atomic mass is 10.1. The molecule has 1 aromatic carbocycles. The van der Waals surface area contributed by atoms with Gasteiger partial charge in [0.15, 0.2) is 11.9 Å². The summed E-state index contributed by atoms with van der Waals surface area (Å²) in [5, 5.41) is 5.07. The fourth-order valence-electron chi connectivity index (χ4n) is 3.33. The molecule has 0 N–H and O–H groups in total. The molecule has 1 atom stereocenters. The maximum atomic E-state index is 14.4. The van der Waals surface area contributed by atoms with Crippen LogP contribution in [0.25, 0.3) is 10.9 Å². The third-order valence-electron chi connectivity index (χ3n) is 4.48. The summed E-state index contributed by atoms with van der Waals surface area (Å²) in [7, 11) is 0. The molecule has 1 aliphatic rings. The van der Waals surface area contributed by atoms with Gasteiger partial charge in [-0.2, -0.15) is 5.10 Å². The number of hydrogen-bond donors (Lipinski definition) is 0. The maximum Gasteiger partial charge on any atom is 0.337 e. The van der Waals surface area contributed by atoms with E-state index in [2.05, 4.69) is 26.0 Å². The van der Waals surface area contributed by atoms with Gasteiger partial charge in [0.1, 0.15) is 5.52 Å². The summed E-state index contributed by atoms with van der Waals surface area (Å²) in [6, 6.07) is 0.588. The van der Waals surface area contributed by atoms with Crippen molar-refractivity contribution in [2.24, 2.45) is 0 Å². The third-order valence-corrected chi connectivity index (χ3v) is 5.37. The Balaban J connectivity index is 1.89. The molecule has 0 aliphatic carbocycles. The molecule has 0 radical (unpaired) electrons. The first-order valence-corrected chi connectivity index (χ1v) is 9.41. The van der Waals surface area contributed by atoms with Crippen molar-refractivity contribution in [3.8, 4) is 0 Å². The minimum Gasteiger partial charge on any atom is -0.464 e. The molecule has 0 amide bonds. The highest BCUT2D eigenvalue weighted by Crippen LogP contribution is 2.33. The normalized spacial score (nSPS) is 14.6. The van der Waals surface area contributed by atoms with Gasteiger partial charge in [0.25, 0.3) is 0 Å². The van der Waals surface area contributed by atoms with E-state index in [0.29, 0.717) is 16.1 Å². The van der Waals surface area contributed by atoms with Crippen LogP contribution in [0.1, 0.15) is 30.8 Å². The lowest BCUT2D eigenvalue weighted by Crippen LogP contribution is -2.25. The zero-order valence-corrected chi connectivity index (χ0v) is 16.2. The van der Waals surface area contributed by atoms with E-state index in [0.717, 1.165) is 25.1 Å². The lowest BCUT2D eigenvalue weighted by Gasteiger charge is -2.15. The number of aromatic nitrogens is 4. The van der Waals surface area contributed by atoms with Gasteiger partial charge in [0.2, 0.25) is 0 Å². The second-order valence-corrected chi connectivity index (χ2v) is 7.32. The van der Waals surface area contributed by atoms with Gasteiger partial charge in [-0.3, -0.25) is 4.68 Å². The van der Waals surface area contributed by atoms with E-state index in [4.69, 9.17) is 16.3 Å². The minimum atomic E-state index is -0.883. The summed E-state index contributed by atoms with van der Waals surface area (Å²) in [4.78, 5) is 17.1. The number of carbonyl (C=O) groups is 1. The fourth-order valence-corrected chi connectivity index (χ4v) is 4.12. The van der Waals surface area contributed by atoms with Gasteiger partial charge >= 0.3 is 5.97 Å². The average molecular weight is 442 g/mol. The van der Waals surface area contributed by atoms with Crippen molar-refractivity contribution in [2.75, 3.05) is 6.61 Å². The molecule has 0 bridgehead atoms. The van der Waals surface area contributed by atoms with Crippen molar-refractivity contribution in [2.45, 2.75) is 32.4 Å². The van der Waals surface area contributed by atoms with Crippen LogP contribution in [0.5, 0.6) is 0 Å². The van der Waals surface area contributed by atoms with Crippen molar-refractivity contribution in [1.29, 1.82) is 0 Å². The minimum absolute atomic E-state index is 0.0922. The summed E-state index contributed by atoms with van der Waals surface area (Å²) in [5.41, 5.74) is 1.66. The maximum absolute atomic E-state index is 14.4.